The first-order valence-corrected chi connectivity index (χ1v) is 8.26. The lowest BCUT2D eigenvalue weighted by molar-refractivity contribution is -0.123. The number of carbonyl (C=O) groups excluding carboxylic acids is 3. The summed E-state index contributed by atoms with van der Waals surface area (Å²) in [7, 11) is 0. The Kier molecular flexibility index (Phi) is 5.16. The molecule has 138 valence electrons. The summed E-state index contributed by atoms with van der Waals surface area (Å²) in [4.78, 5) is 35.6. The number of fused-ring (bicyclic) bond motifs is 1. The van der Waals surface area contributed by atoms with Crippen LogP contribution in [0.5, 0.6) is 0 Å². The molecule has 3 rings (SSSR count). The largest absolute Gasteiger partial charge is 0.448 e. The summed E-state index contributed by atoms with van der Waals surface area (Å²) in [6.07, 6.45) is -1.01. The van der Waals surface area contributed by atoms with E-state index in [1.807, 2.05) is 6.07 Å². The van der Waals surface area contributed by atoms with E-state index in [9.17, 15) is 14.4 Å². The molecule has 0 radical (unpaired) electrons. The van der Waals surface area contributed by atoms with Gasteiger partial charge >= 0.3 is 5.97 Å². The number of para-hydroxylation sites is 1. The number of benzene rings is 2. The van der Waals surface area contributed by atoms with E-state index >= 15 is 0 Å². The van der Waals surface area contributed by atoms with Crippen LogP contribution in [0.3, 0.4) is 0 Å². The standard InChI is InChI=1S/C19H18N4O4/c1-11(18(25)21-14-9-7-13(8-10-14)20-12(2)24)27-19(26)17-15-5-3-4-6-16(15)22-23-17/h3-11H,1-2H3,(H,20,24)(H,21,25)(H,22,23)/t11-/m1/s1. The second-order valence-corrected chi connectivity index (χ2v) is 5.91. The number of anilines is 2. The first-order valence-electron chi connectivity index (χ1n) is 8.26. The molecular formula is C19H18N4O4. The maximum absolute atomic E-state index is 12.3. The van der Waals surface area contributed by atoms with Crippen LogP contribution in [0.2, 0.25) is 0 Å². The van der Waals surface area contributed by atoms with Crippen LogP contribution < -0.4 is 10.6 Å². The van der Waals surface area contributed by atoms with Crippen molar-refractivity contribution in [1.29, 1.82) is 0 Å². The Morgan fingerprint density at radius 1 is 1.00 bits per heavy atom. The van der Waals surface area contributed by atoms with Crippen molar-refractivity contribution in [1.82, 2.24) is 10.2 Å². The number of hydrogen-bond acceptors (Lipinski definition) is 5. The Balaban J connectivity index is 1.62. The van der Waals surface area contributed by atoms with Gasteiger partial charge in [0.15, 0.2) is 11.8 Å². The average molecular weight is 366 g/mol. The Hall–Kier alpha value is -3.68. The first kappa shape index (κ1) is 18.1. The van der Waals surface area contributed by atoms with E-state index in [1.54, 1.807) is 42.5 Å². The van der Waals surface area contributed by atoms with Gasteiger partial charge in [-0.25, -0.2) is 4.79 Å². The molecular weight excluding hydrogens is 348 g/mol. The van der Waals surface area contributed by atoms with Gasteiger partial charge in [-0.2, -0.15) is 5.10 Å². The highest BCUT2D eigenvalue weighted by Crippen LogP contribution is 2.17. The molecule has 8 heteroatoms. The van der Waals surface area contributed by atoms with Gasteiger partial charge in [-0.15, -0.1) is 0 Å². The fraction of sp³-hybridized carbons (Fsp3) is 0.158. The SMILES string of the molecule is CC(=O)Nc1ccc(NC(=O)[C@@H](C)OC(=O)c2n[nH]c3ccccc23)cc1. The van der Waals surface area contributed by atoms with Gasteiger partial charge in [0.2, 0.25) is 5.91 Å². The predicted molar refractivity (Wildman–Crippen MR) is 100 cm³/mol. The van der Waals surface area contributed by atoms with Crippen LogP contribution >= 0.6 is 0 Å². The number of rotatable bonds is 5. The van der Waals surface area contributed by atoms with E-state index in [-0.39, 0.29) is 11.6 Å². The van der Waals surface area contributed by atoms with E-state index in [2.05, 4.69) is 20.8 Å². The van der Waals surface area contributed by atoms with Gasteiger partial charge in [0.25, 0.3) is 5.91 Å². The Labute approximate surface area is 154 Å². The highest BCUT2D eigenvalue weighted by molar-refractivity contribution is 6.03. The molecule has 3 N–H and O–H groups in total. The van der Waals surface area contributed by atoms with Gasteiger partial charge in [0, 0.05) is 23.7 Å². The minimum Gasteiger partial charge on any atom is -0.448 e. The highest BCUT2D eigenvalue weighted by atomic mass is 16.5. The fourth-order valence-corrected chi connectivity index (χ4v) is 2.47. The number of nitrogens with one attached hydrogen (secondary N) is 3. The number of amides is 2. The van der Waals surface area contributed by atoms with Crippen molar-refractivity contribution in [3.05, 3.63) is 54.2 Å². The van der Waals surface area contributed by atoms with Gasteiger partial charge < -0.3 is 15.4 Å². The molecule has 0 saturated carbocycles. The van der Waals surface area contributed by atoms with Gasteiger partial charge in [-0.3, -0.25) is 14.7 Å². The zero-order valence-corrected chi connectivity index (χ0v) is 14.8. The Morgan fingerprint density at radius 2 is 1.63 bits per heavy atom. The lowest BCUT2D eigenvalue weighted by Gasteiger charge is -2.13. The fourth-order valence-electron chi connectivity index (χ4n) is 2.47. The van der Waals surface area contributed by atoms with Crippen LogP contribution in [0.25, 0.3) is 10.9 Å². The van der Waals surface area contributed by atoms with Crippen molar-refractivity contribution >= 4 is 40.1 Å². The van der Waals surface area contributed by atoms with Crippen LogP contribution in [0.1, 0.15) is 24.3 Å². The van der Waals surface area contributed by atoms with Crippen molar-refractivity contribution in [2.45, 2.75) is 20.0 Å². The van der Waals surface area contributed by atoms with Crippen LogP contribution in [-0.2, 0) is 14.3 Å². The molecule has 0 fully saturated rings. The number of H-pyrrole nitrogens is 1. The van der Waals surface area contributed by atoms with E-state index in [0.717, 1.165) is 0 Å². The maximum Gasteiger partial charge on any atom is 0.360 e. The maximum atomic E-state index is 12.3. The number of aromatic amines is 1. The summed E-state index contributed by atoms with van der Waals surface area (Å²) in [6, 6.07) is 13.7. The minimum atomic E-state index is -1.01. The number of aromatic nitrogens is 2. The summed E-state index contributed by atoms with van der Waals surface area (Å²) in [5.41, 5.74) is 1.97. The molecule has 0 aliphatic carbocycles. The molecule has 2 aromatic carbocycles. The van der Waals surface area contributed by atoms with Gasteiger partial charge in [-0.1, -0.05) is 18.2 Å². The lowest BCUT2D eigenvalue weighted by atomic mass is 10.2. The molecule has 1 heterocycles. The molecule has 0 saturated heterocycles. The van der Waals surface area contributed by atoms with Crippen molar-refractivity contribution in [3.8, 4) is 0 Å². The molecule has 3 aromatic rings. The number of nitrogens with zero attached hydrogens (tertiary/aromatic N) is 1. The van der Waals surface area contributed by atoms with E-state index in [1.165, 1.54) is 13.8 Å². The van der Waals surface area contributed by atoms with Crippen molar-refractivity contribution in [2.75, 3.05) is 10.6 Å². The zero-order chi connectivity index (χ0) is 19.4. The van der Waals surface area contributed by atoms with Gasteiger partial charge in [0.1, 0.15) is 0 Å². The third-order valence-corrected chi connectivity index (χ3v) is 3.79. The van der Waals surface area contributed by atoms with Gasteiger partial charge in [0.05, 0.1) is 5.52 Å². The van der Waals surface area contributed by atoms with Crippen LogP contribution in [0, 0.1) is 0 Å². The van der Waals surface area contributed by atoms with Crippen molar-refractivity contribution in [2.24, 2.45) is 0 Å². The molecule has 0 aliphatic rings. The van der Waals surface area contributed by atoms with Crippen molar-refractivity contribution in [3.63, 3.8) is 0 Å². The van der Waals surface area contributed by atoms with Crippen LogP contribution in [-0.4, -0.2) is 34.1 Å². The Bertz CT molecular complexity index is 994. The van der Waals surface area contributed by atoms with Crippen LogP contribution in [0.15, 0.2) is 48.5 Å². The molecule has 0 spiro atoms. The van der Waals surface area contributed by atoms with E-state index in [4.69, 9.17) is 4.74 Å². The monoisotopic (exact) mass is 366 g/mol. The third-order valence-electron chi connectivity index (χ3n) is 3.79. The smallest absolute Gasteiger partial charge is 0.360 e. The molecule has 27 heavy (non-hydrogen) atoms. The molecule has 1 atom stereocenters. The molecule has 2 amide bonds. The predicted octanol–water partition coefficient (Wildman–Crippen LogP) is 2.71. The zero-order valence-electron chi connectivity index (χ0n) is 14.8. The van der Waals surface area contributed by atoms with E-state index < -0.39 is 18.0 Å². The Morgan fingerprint density at radius 3 is 2.30 bits per heavy atom. The second kappa shape index (κ2) is 7.69. The first-order chi connectivity index (χ1) is 12.9. The molecule has 8 nitrogen and oxygen atoms in total. The summed E-state index contributed by atoms with van der Waals surface area (Å²) in [5, 5.41) is 12.6. The summed E-state index contributed by atoms with van der Waals surface area (Å²) in [5.74, 6) is -1.34. The molecule has 0 unspecified atom stereocenters. The molecule has 1 aromatic heterocycles. The van der Waals surface area contributed by atoms with Gasteiger partial charge in [-0.05, 0) is 37.3 Å². The average Bonchev–Trinajstić information content (AvgIpc) is 3.07. The normalized spacial score (nSPS) is 11.6. The topological polar surface area (TPSA) is 113 Å². The third kappa shape index (κ3) is 4.30. The lowest BCUT2D eigenvalue weighted by Crippen LogP contribution is -2.30. The van der Waals surface area contributed by atoms with E-state index in [0.29, 0.717) is 22.3 Å². The minimum absolute atomic E-state index is 0.130. The summed E-state index contributed by atoms with van der Waals surface area (Å²) < 4.78 is 5.22. The van der Waals surface area contributed by atoms with Crippen LogP contribution in [0.4, 0.5) is 11.4 Å². The highest BCUT2D eigenvalue weighted by Gasteiger charge is 2.22. The number of esters is 1. The quantitative estimate of drug-likeness (QED) is 0.601. The second-order valence-electron chi connectivity index (χ2n) is 5.91. The van der Waals surface area contributed by atoms with Crippen molar-refractivity contribution < 1.29 is 19.1 Å². The molecule has 0 aliphatic heterocycles. The summed E-state index contributed by atoms with van der Waals surface area (Å²) in [6.45, 7) is 2.89. The number of ether oxygens (including phenoxy) is 1. The summed E-state index contributed by atoms with van der Waals surface area (Å²) >= 11 is 0. The number of hydrogen-bond donors (Lipinski definition) is 3. The number of carbonyl (C=O) groups is 3. The molecule has 0 bridgehead atoms.